The van der Waals surface area contributed by atoms with Crippen LogP contribution < -0.4 is 0 Å². The molecule has 2 aliphatic heterocycles. The van der Waals surface area contributed by atoms with Gasteiger partial charge in [0.15, 0.2) is 6.29 Å². The van der Waals surface area contributed by atoms with Gasteiger partial charge in [-0.05, 0) is 51.9 Å². The minimum Gasteiger partial charge on any atom is -0.393 e. The summed E-state index contributed by atoms with van der Waals surface area (Å²) in [4.78, 5) is 0. The summed E-state index contributed by atoms with van der Waals surface area (Å²) in [6.07, 6.45) is 4.97. The van der Waals surface area contributed by atoms with E-state index in [-0.39, 0.29) is 35.1 Å². The Balaban J connectivity index is 2.01. The zero-order chi connectivity index (χ0) is 16.8. The van der Waals surface area contributed by atoms with Crippen molar-refractivity contribution in [3.8, 4) is 0 Å². The molecular weight excluding hydrogens is 292 g/mol. The summed E-state index contributed by atoms with van der Waals surface area (Å²) in [7, 11) is 0. The molecule has 0 amide bonds. The maximum absolute atomic E-state index is 11.0. The first kappa shape index (κ1) is 17.4. The number of allylic oxidation sites excluding steroid dienone is 1. The fraction of sp³-hybridized carbons (Fsp3) is 0.895. The molecule has 1 aliphatic carbocycles. The predicted molar refractivity (Wildman–Crippen MR) is 88.8 cm³/mol. The highest BCUT2D eigenvalue weighted by atomic mass is 16.7. The second kappa shape index (κ2) is 6.14. The minimum atomic E-state index is -0.456. The van der Waals surface area contributed by atoms with E-state index in [2.05, 4.69) is 27.4 Å². The number of rotatable bonds is 4. The van der Waals surface area contributed by atoms with Crippen molar-refractivity contribution in [3.05, 3.63) is 12.7 Å². The Morgan fingerprint density at radius 1 is 1.39 bits per heavy atom. The van der Waals surface area contributed by atoms with E-state index in [1.807, 2.05) is 6.08 Å². The molecule has 4 nitrogen and oxygen atoms in total. The molecule has 0 aromatic rings. The Hall–Kier alpha value is -0.420. The van der Waals surface area contributed by atoms with Crippen LogP contribution in [0.3, 0.4) is 0 Å². The second-order valence-electron chi connectivity index (χ2n) is 8.31. The van der Waals surface area contributed by atoms with Crippen molar-refractivity contribution in [2.24, 2.45) is 23.2 Å². The van der Waals surface area contributed by atoms with E-state index in [1.165, 1.54) is 0 Å². The minimum absolute atomic E-state index is 0.00303. The van der Waals surface area contributed by atoms with Crippen molar-refractivity contribution < 1.29 is 19.7 Å². The van der Waals surface area contributed by atoms with Crippen LogP contribution in [0.25, 0.3) is 0 Å². The lowest BCUT2D eigenvalue weighted by Gasteiger charge is -2.56. The highest BCUT2D eigenvalue weighted by molar-refractivity contribution is 5.13. The smallest absolute Gasteiger partial charge is 0.164 e. The molecule has 0 aromatic heterocycles. The van der Waals surface area contributed by atoms with Crippen molar-refractivity contribution in [1.29, 1.82) is 0 Å². The fourth-order valence-electron chi connectivity index (χ4n) is 5.75. The first-order valence-electron chi connectivity index (χ1n) is 9.11. The van der Waals surface area contributed by atoms with Gasteiger partial charge in [0.05, 0.1) is 17.8 Å². The molecule has 0 aromatic carbocycles. The molecule has 4 heteroatoms. The van der Waals surface area contributed by atoms with E-state index in [0.717, 1.165) is 32.3 Å². The summed E-state index contributed by atoms with van der Waals surface area (Å²) in [6.45, 7) is 10.8. The molecule has 0 bridgehead atoms. The van der Waals surface area contributed by atoms with Crippen LogP contribution in [0.2, 0.25) is 0 Å². The van der Waals surface area contributed by atoms with Crippen molar-refractivity contribution in [3.63, 3.8) is 0 Å². The van der Waals surface area contributed by atoms with Crippen LogP contribution in [0.5, 0.6) is 0 Å². The summed E-state index contributed by atoms with van der Waals surface area (Å²) in [5.41, 5.74) is -0.506. The van der Waals surface area contributed by atoms with E-state index in [4.69, 9.17) is 9.47 Å². The molecule has 2 saturated heterocycles. The van der Waals surface area contributed by atoms with E-state index in [1.54, 1.807) is 0 Å². The van der Waals surface area contributed by atoms with Gasteiger partial charge in [-0.3, -0.25) is 0 Å². The Kier molecular flexibility index (Phi) is 4.65. The quantitative estimate of drug-likeness (QED) is 0.781. The molecule has 3 rings (SSSR count). The maximum atomic E-state index is 11.0. The molecule has 3 fully saturated rings. The first-order chi connectivity index (χ1) is 10.8. The zero-order valence-corrected chi connectivity index (χ0v) is 14.7. The monoisotopic (exact) mass is 324 g/mol. The lowest BCUT2D eigenvalue weighted by atomic mass is 9.50. The Morgan fingerprint density at radius 2 is 2.13 bits per heavy atom. The van der Waals surface area contributed by atoms with Gasteiger partial charge < -0.3 is 19.7 Å². The normalized spacial score (nSPS) is 46.7. The number of hydrogen-bond acceptors (Lipinski definition) is 4. The van der Waals surface area contributed by atoms with Crippen molar-refractivity contribution in [2.45, 2.75) is 77.0 Å². The molecule has 1 saturated carbocycles. The highest BCUT2D eigenvalue weighted by Gasteiger charge is 2.68. The molecule has 2 heterocycles. The number of hydrogen-bond donors (Lipinski definition) is 2. The third-order valence-corrected chi connectivity index (χ3v) is 6.71. The summed E-state index contributed by atoms with van der Waals surface area (Å²) in [6, 6.07) is 0. The van der Waals surface area contributed by atoms with Gasteiger partial charge in [-0.1, -0.05) is 13.0 Å². The van der Waals surface area contributed by atoms with Gasteiger partial charge in [0.1, 0.15) is 0 Å². The standard InChI is InChI=1S/C19H32O4/c1-5-6-8-13(20)16-12(2)14(21)11-15-18(3,4)23-17-19(15,16)9-7-10-22-17/h5,12-17,20-21H,1,6-11H2,2-4H3/t12-,13+,14-,15-,16+,17-,19+/m0/s1. The molecule has 0 radical (unpaired) electrons. The molecule has 3 aliphatic rings. The summed E-state index contributed by atoms with van der Waals surface area (Å²) in [5, 5.41) is 21.6. The Labute approximate surface area is 139 Å². The van der Waals surface area contributed by atoms with E-state index in [0.29, 0.717) is 6.42 Å². The topological polar surface area (TPSA) is 58.9 Å². The van der Waals surface area contributed by atoms with Crippen LogP contribution in [-0.4, -0.2) is 40.9 Å². The lowest BCUT2D eigenvalue weighted by molar-refractivity contribution is -0.245. The van der Waals surface area contributed by atoms with Gasteiger partial charge in [0.25, 0.3) is 0 Å². The SMILES string of the molecule is C=CCC[C@@H](O)[C@H]1[C@@H](C)[C@@H](O)C[C@H]2C(C)(C)O[C@@H]3OCCC[C@]312. The third kappa shape index (κ3) is 2.58. The van der Waals surface area contributed by atoms with Gasteiger partial charge in [0.2, 0.25) is 0 Å². The van der Waals surface area contributed by atoms with Crippen molar-refractivity contribution in [2.75, 3.05) is 6.61 Å². The molecule has 1 spiro atoms. The summed E-state index contributed by atoms with van der Waals surface area (Å²) < 4.78 is 12.3. The lowest BCUT2D eigenvalue weighted by Crippen LogP contribution is -2.59. The van der Waals surface area contributed by atoms with Crippen molar-refractivity contribution in [1.82, 2.24) is 0 Å². The third-order valence-electron chi connectivity index (χ3n) is 6.71. The van der Waals surface area contributed by atoms with Crippen LogP contribution in [-0.2, 0) is 9.47 Å². The predicted octanol–water partition coefficient (Wildman–Crippen LogP) is 2.88. The summed E-state index contributed by atoms with van der Waals surface area (Å²) in [5.74, 6) is 0.269. The molecule has 132 valence electrons. The number of aliphatic hydroxyl groups is 2. The number of ether oxygens (including phenoxy) is 2. The van der Waals surface area contributed by atoms with Crippen LogP contribution in [0.15, 0.2) is 12.7 Å². The molecule has 2 N–H and O–H groups in total. The second-order valence-corrected chi connectivity index (χ2v) is 8.31. The first-order valence-corrected chi connectivity index (χ1v) is 9.11. The van der Waals surface area contributed by atoms with E-state index < -0.39 is 12.2 Å². The van der Waals surface area contributed by atoms with Gasteiger partial charge in [0, 0.05) is 23.9 Å². The van der Waals surface area contributed by atoms with E-state index in [9.17, 15) is 10.2 Å². The van der Waals surface area contributed by atoms with Crippen LogP contribution in [0.1, 0.15) is 52.9 Å². The van der Waals surface area contributed by atoms with Gasteiger partial charge >= 0.3 is 0 Å². The Bertz CT molecular complexity index is 449. The van der Waals surface area contributed by atoms with Gasteiger partial charge in [-0.15, -0.1) is 6.58 Å². The molecule has 23 heavy (non-hydrogen) atoms. The zero-order valence-electron chi connectivity index (χ0n) is 14.7. The van der Waals surface area contributed by atoms with Crippen LogP contribution >= 0.6 is 0 Å². The van der Waals surface area contributed by atoms with Gasteiger partial charge in [-0.2, -0.15) is 0 Å². The molecular formula is C19H32O4. The molecule has 0 unspecified atom stereocenters. The number of aliphatic hydroxyl groups excluding tert-OH is 2. The average molecular weight is 324 g/mol. The van der Waals surface area contributed by atoms with Crippen LogP contribution in [0, 0.1) is 23.2 Å². The van der Waals surface area contributed by atoms with Crippen molar-refractivity contribution >= 4 is 0 Å². The highest BCUT2D eigenvalue weighted by Crippen LogP contribution is 2.64. The largest absolute Gasteiger partial charge is 0.393 e. The molecule has 7 atom stereocenters. The van der Waals surface area contributed by atoms with Gasteiger partial charge in [-0.25, -0.2) is 0 Å². The van der Waals surface area contributed by atoms with Crippen LogP contribution in [0.4, 0.5) is 0 Å². The average Bonchev–Trinajstić information content (AvgIpc) is 2.73. The summed E-state index contributed by atoms with van der Waals surface area (Å²) >= 11 is 0. The Morgan fingerprint density at radius 3 is 2.83 bits per heavy atom. The van der Waals surface area contributed by atoms with E-state index >= 15 is 0 Å². The maximum Gasteiger partial charge on any atom is 0.164 e. The fourth-order valence-corrected chi connectivity index (χ4v) is 5.75.